The summed E-state index contributed by atoms with van der Waals surface area (Å²) >= 11 is 0. The molecule has 0 radical (unpaired) electrons. The van der Waals surface area contributed by atoms with Gasteiger partial charge in [0.25, 0.3) is 5.91 Å². The number of nitrogens with zero attached hydrogens (tertiary/aromatic N) is 2. The summed E-state index contributed by atoms with van der Waals surface area (Å²) < 4.78 is 24.2. The van der Waals surface area contributed by atoms with Gasteiger partial charge in [-0.1, -0.05) is 17.3 Å². The molecule has 1 aliphatic carbocycles. The summed E-state index contributed by atoms with van der Waals surface area (Å²) in [4.78, 5) is 14.6. The lowest BCUT2D eigenvalue weighted by atomic mass is 9.96. The average molecular weight is 330 g/mol. The smallest absolute Gasteiger partial charge is 0.276 e. The Morgan fingerprint density at radius 3 is 2.83 bits per heavy atom. The molecule has 1 atom stereocenters. The Hall–Kier alpha value is -2.21. The van der Waals surface area contributed by atoms with Crippen molar-refractivity contribution in [2.45, 2.75) is 31.8 Å². The van der Waals surface area contributed by atoms with Crippen LogP contribution in [0, 0.1) is 5.82 Å². The number of aromatic nitrogens is 1. The Morgan fingerprint density at radius 1 is 1.21 bits per heavy atom. The van der Waals surface area contributed by atoms with Crippen LogP contribution in [0.4, 0.5) is 4.39 Å². The van der Waals surface area contributed by atoms with Crippen molar-refractivity contribution < 1.29 is 18.4 Å². The van der Waals surface area contributed by atoms with Crippen molar-refractivity contribution >= 4 is 5.91 Å². The van der Waals surface area contributed by atoms with Crippen LogP contribution < -0.4 is 0 Å². The highest BCUT2D eigenvalue weighted by atomic mass is 19.1. The Kier molecular flexibility index (Phi) is 4.06. The Labute approximate surface area is 139 Å². The molecule has 0 saturated carbocycles. The molecule has 1 aromatic carbocycles. The summed E-state index contributed by atoms with van der Waals surface area (Å²) in [6.07, 6.45) is 3.62. The first kappa shape index (κ1) is 15.3. The number of amides is 1. The van der Waals surface area contributed by atoms with Crippen molar-refractivity contribution in [1.82, 2.24) is 10.1 Å². The van der Waals surface area contributed by atoms with E-state index in [0.717, 1.165) is 42.6 Å². The first-order valence-corrected chi connectivity index (χ1v) is 8.36. The number of fused-ring (bicyclic) bond motifs is 1. The largest absolute Gasteiger partial charge is 0.370 e. The van der Waals surface area contributed by atoms with Gasteiger partial charge in [0.15, 0.2) is 5.69 Å². The first-order valence-electron chi connectivity index (χ1n) is 8.36. The molecule has 24 heavy (non-hydrogen) atoms. The van der Waals surface area contributed by atoms with Gasteiger partial charge in [0.05, 0.1) is 13.2 Å². The van der Waals surface area contributed by atoms with Crippen molar-refractivity contribution in [2.24, 2.45) is 0 Å². The minimum atomic E-state index is -0.281. The number of carbonyl (C=O) groups is 1. The number of morpholine rings is 1. The summed E-state index contributed by atoms with van der Waals surface area (Å²) in [5.41, 5.74) is 2.29. The van der Waals surface area contributed by atoms with Gasteiger partial charge >= 0.3 is 0 Å². The minimum absolute atomic E-state index is 0.0997. The topological polar surface area (TPSA) is 55.6 Å². The average Bonchev–Trinajstić information content (AvgIpc) is 3.06. The summed E-state index contributed by atoms with van der Waals surface area (Å²) in [5.74, 6) is 0.474. The van der Waals surface area contributed by atoms with Crippen LogP contribution in [0.25, 0.3) is 0 Å². The molecule has 0 N–H and O–H groups in total. The van der Waals surface area contributed by atoms with Gasteiger partial charge in [-0.25, -0.2) is 4.39 Å². The molecule has 6 heteroatoms. The standard InChI is InChI=1S/C18H19FN2O3/c19-13-7-5-12(6-8-13)16-11-21(9-10-23-16)18(22)17-14-3-1-2-4-15(14)24-20-17/h5-8,16H,1-4,9-11H2/t16-/m1/s1. The van der Waals surface area contributed by atoms with Crippen LogP contribution >= 0.6 is 0 Å². The third-order valence-corrected chi connectivity index (χ3v) is 4.75. The van der Waals surface area contributed by atoms with E-state index in [0.29, 0.717) is 25.4 Å². The van der Waals surface area contributed by atoms with E-state index >= 15 is 0 Å². The molecule has 2 aliphatic rings. The number of aryl methyl sites for hydroxylation is 1. The van der Waals surface area contributed by atoms with Gasteiger partial charge in [0.2, 0.25) is 0 Å². The summed E-state index contributed by atoms with van der Waals surface area (Å²) in [6.45, 7) is 1.41. The minimum Gasteiger partial charge on any atom is -0.370 e. The van der Waals surface area contributed by atoms with Crippen LogP contribution in [0.5, 0.6) is 0 Å². The van der Waals surface area contributed by atoms with Gasteiger partial charge in [-0.3, -0.25) is 4.79 Å². The van der Waals surface area contributed by atoms with Crippen molar-refractivity contribution in [3.8, 4) is 0 Å². The van der Waals surface area contributed by atoms with E-state index in [4.69, 9.17) is 9.26 Å². The molecule has 1 fully saturated rings. The third-order valence-electron chi connectivity index (χ3n) is 4.75. The summed E-state index contributed by atoms with van der Waals surface area (Å²) in [5, 5.41) is 4.03. The fraction of sp³-hybridized carbons (Fsp3) is 0.444. The normalized spacial score (nSPS) is 20.7. The second-order valence-corrected chi connectivity index (χ2v) is 6.30. The first-order chi connectivity index (χ1) is 11.7. The van der Waals surface area contributed by atoms with E-state index in [2.05, 4.69) is 5.16 Å². The maximum absolute atomic E-state index is 13.1. The molecule has 1 amide bonds. The molecule has 0 bridgehead atoms. The number of hydrogen-bond donors (Lipinski definition) is 0. The lowest BCUT2D eigenvalue weighted by Gasteiger charge is -2.33. The molecular formula is C18H19FN2O3. The Bertz CT molecular complexity index is 741. The molecule has 2 aromatic rings. The fourth-order valence-electron chi connectivity index (χ4n) is 3.42. The lowest BCUT2D eigenvalue weighted by Crippen LogP contribution is -2.42. The zero-order valence-electron chi connectivity index (χ0n) is 13.3. The summed E-state index contributed by atoms with van der Waals surface area (Å²) in [7, 11) is 0. The molecular weight excluding hydrogens is 311 g/mol. The molecule has 1 saturated heterocycles. The van der Waals surface area contributed by atoms with Gasteiger partial charge < -0.3 is 14.2 Å². The molecule has 5 nitrogen and oxygen atoms in total. The predicted octanol–water partition coefficient (Wildman–Crippen LogP) is 2.91. The lowest BCUT2D eigenvalue weighted by molar-refractivity contribution is -0.0231. The van der Waals surface area contributed by atoms with Gasteiger partial charge in [-0.05, 0) is 37.0 Å². The fourth-order valence-corrected chi connectivity index (χ4v) is 3.42. The number of carbonyl (C=O) groups excluding carboxylic acids is 1. The summed E-state index contributed by atoms with van der Waals surface area (Å²) in [6, 6.07) is 6.22. The third kappa shape index (κ3) is 2.82. The van der Waals surface area contributed by atoms with Gasteiger partial charge in [0.1, 0.15) is 17.7 Å². The number of hydrogen-bond acceptors (Lipinski definition) is 4. The maximum Gasteiger partial charge on any atom is 0.276 e. The highest BCUT2D eigenvalue weighted by Crippen LogP contribution is 2.27. The molecule has 1 aliphatic heterocycles. The van der Waals surface area contributed by atoms with E-state index in [-0.39, 0.29) is 17.8 Å². The zero-order valence-corrected chi connectivity index (χ0v) is 13.3. The van der Waals surface area contributed by atoms with Crippen molar-refractivity contribution in [1.29, 1.82) is 0 Å². The second-order valence-electron chi connectivity index (χ2n) is 6.30. The van der Waals surface area contributed by atoms with Crippen molar-refractivity contribution in [2.75, 3.05) is 19.7 Å². The van der Waals surface area contributed by atoms with Gasteiger partial charge in [-0.15, -0.1) is 0 Å². The second kappa shape index (κ2) is 6.36. The van der Waals surface area contributed by atoms with E-state index in [9.17, 15) is 9.18 Å². The molecule has 4 rings (SSSR count). The van der Waals surface area contributed by atoms with E-state index in [1.54, 1.807) is 17.0 Å². The monoisotopic (exact) mass is 330 g/mol. The molecule has 0 spiro atoms. The van der Waals surface area contributed by atoms with E-state index in [1.807, 2.05) is 0 Å². The van der Waals surface area contributed by atoms with Crippen LogP contribution in [0.2, 0.25) is 0 Å². The molecule has 1 aromatic heterocycles. The number of ether oxygens (including phenoxy) is 1. The number of benzene rings is 1. The van der Waals surface area contributed by atoms with Crippen LogP contribution in [-0.4, -0.2) is 35.7 Å². The van der Waals surface area contributed by atoms with E-state index < -0.39 is 0 Å². The SMILES string of the molecule is O=C(c1noc2c1CCCC2)N1CCO[C@@H](c2ccc(F)cc2)C1. The van der Waals surface area contributed by atoms with Crippen LogP contribution in [0.15, 0.2) is 28.8 Å². The van der Waals surface area contributed by atoms with Crippen LogP contribution in [-0.2, 0) is 17.6 Å². The molecule has 126 valence electrons. The van der Waals surface area contributed by atoms with Crippen LogP contribution in [0.3, 0.4) is 0 Å². The van der Waals surface area contributed by atoms with Gasteiger partial charge in [-0.2, -0.15) is 0 Å². The van der Waals surface area contributed by atoms with Crippen molar-refractivity contribution in [3.63, 3.8) is 0 Å². The predicted molar refractivity (Wildman–Crippen MR) is 84.1 cm³/mol. The van der Waals surface area contributed by atoms with Crippen LogP contribution in [0.1, 0.15) is 46.3 Å². The Morgan fingerprint density at radius 2 is 2.00 bits per heavy atom. The van der Waals surface area contributed by atoms with E-state index in [1.165, 1.54) is 12.1 Å². The number of halogens is 1. The number of rotatable bonds is 2. The quantitative estimate of drug-likeness (QED) is 0.849. The molecule has 0 unspecified atom stereocenters. The van der Waals surface area contributed by atoms with Crippen molar-refractivity contribution in [3.05, 3.63) is 52.7 Å². The maximum atomic E-state index is 13.1. The highest BCUT2D eigenvalue weighted by molar-refractivity contribution is 5.94. The van der Waals surface area contributed by atoms with Gasteiger partial charge in [0, 0.05) is 18.5 Å². The zero-order chi connectivity index (χ0) is 16.5. The molecule has 2 heterocycles. The highest BCUT2D eigenvalue weighted by Gasteiger charge is 2.31. The Balaban J connectivity index is 1.52.